The zero-order chi connectivity index (χ0) is 15.5. The maximum Gasteiger partial charge on any atom is 0.315 e. The third-order valence-electron chi connectivity index (χ3n) is 3.88. The van der Waals surface area contributed by atoms with Gasteiger partial charge in [0.05, 0.1) is 6.20 Å². The van der Waals surface area contributed by atoms with Crippen LogP contribution in [0.4, 0.5) is 0 Å². The van der Waals surface area contributed by atoms with Crippen LogP contribution in [0.2, 0.25) is 0 Å². The van der Waals surface area contributed by atoms with Gasteiger partial charge in [-0.2, -0.15) is 5.10 Å². The monoisotopic (exact) mass is 287 g/mol. The van der Waals surface area contributed by atoms with E-state index >= 15 is 0 Å². The molecule has 1 heterocycles. The van der Waals surface area contributed by atoms with E-state index in [9.17, 15) is 9.90 Å². The number of carbonyl (C=O) groups is 1. The molecule has 1 atom stereocenters. The fourth-order valence-electron chi connectivity index (χ4n) is 2.47. The molecule has 0 saturated carbocycles. The molecular formula is C16H21N3O2. The molecule has 2 rings (SSSR count). The lowest BCUT2D eigenvalue weighted by Gasteiger charge is -2.28. The van der Waals surface area contributed by atoms with Crippen molar-refractivity contribution in [3.63, 3.8) is 0 Å². The number of hydrogen-bond donors (Lipinski definition) is 2. The Morgan fingerprint density at radius 1 is 1.38 bits per heavy atom. The second-order valence-electron chi connectivity index (χ2n) is 5.34. The van der Waals surface area contributed by atoms with Crippen LogP contribution in [0.3, 0.4) is 0 Å². The van der Waals surface area contributed by atoms with E-state index in [1.807, 2.05) is 44.3 Å². The summed E-state index contributed by atoms with van der Waals surface area (Å²) in [7, 11) is 0. The molecule has 5 nitrogen and oxygen atoms in total. The summed E-state index contributed by atoms with van der Waals surface area (Å²) in [4.78, 5) is 11.9. The Balaban J connectivity index is 2.41. The highest BCUT2D eigenvalue weighted by molar-refractivity contribution is 5.82. The van der Waals surface area contributed by atoms with Crippen molar-refractivity contribution in [2.24, 2.45) is 5.73 Å². The minimum Gasteiger partial charge on any atom is -0.481 e. The Bertz CT molecular complexity index is 619. The zero-order valence-electron chi connectivity index (χ0n) is 12.4. The van der Waals surface area contributed by atoms with Crippen LogP contribution in [-0.2, 0) is 23.2 Å². The second-order valence-corrected chi connectivity index (χ2v) is 5.34. The Kier molecular flexibility index (Phi) is 4.43. The number of nitrogens with two attached hydrogens (primary N) is 1. The van der Waals surface area contributed by atoms with Crippen LogP contribution >= 0.6 is 0 Å². The largest absolute Gasteiger partial charge is 0.481 e. The van der Waals surface area contributed by atoms with Crippen molar-refractivity contribution in [3.05, 3.63) is 53.3 Å². The highest BCUT2D eigenvalue weighted by Crippen LogP contribution is 2.28. The summed E-state index contributed by atoms with van der Waals surface area (Å²) in [5.74, 6) is -0.905. The van der Waals surface area contributed by atoms with Crippen molar-refractivity contribution in [1.29, 1.82) is 0 Å². The molecule has 1 aromatic carbocycles. The predicted molar refractivity (Wildman–Crippen MR) is 81.2 cm³/mol. The summed E-state index contributed by atoms with van der Waals surface area (Å²) >= 11 is 0. The molecule has 3 N–H and O–H groups in total. The molecular weight excluding hydrogens is 266 g/mol. The number of aliphatic carboxylic acids is 1. The number of rotatable bonds is 6. The molecule has 0 fully saturated rings. The van der Waals surface area contributed by atoms with Gasteiger partial charge >= 0.3 is 5.97 Å². The van der Waals surface area contributed by atoms with Crippen molar-refractivity contribution >= 4 is 5.97 Å². The zero-order valence-corrected chi connectivity index (χ0v) is 12.4. The summed E-state index contributed by atoms with van der Waals surface area (Å²) in [5.41, 5.74) is 7.44. The minimum atomic E-state index is -1.12. The van der Waals surface area contributed by atoms with Gasteiger partial charge in [-0.25, -0.2) is 0 Å². The molecule has 0 aliphatic carbocycles. The maximum atomic E-state index is 11.9. The molecule has 5 heteroatoms. The van der Waals surface area contributed by atoms with E-state index in [0.29, 0.717) is 6.42 Å². The van der Waals surface area contributed by atoms with E-state index in [4.69, 9.17) is 5.73 Å². The average molecular weight is 287 g/mol. The first-order valence-electron chi connectivity index (χ1n) is 7.04. The SMILES string of the molecule is CCn1cc(CC(CN)(C(=O)O)c2ccc(C)cc2)cn1. The van der Waals surface area contributed by atoms with Gasteiger partial charge in [-0.05, 0) is 31.4 Å². The minimum absolute atomic E-state index is 0.0443. The average Bonchev–Trinajstić information content (AvgIpc) is 2.93. The normalized spacial score (nSPS) is 13.9. The Labute approximate surface area is 124 Å². The lowest BCUT2D eigenvalue weighted by Crippen LogP contribution is -2.44. The molecule has 2 aromatic rings. The Hall–Kier alpha value is -2.14. The quantitative estimate of drug-likeness (QED) is 0.848. The summed E-state index contributed by atoms with van der Waals surface area (Å²) in [6.45, 7) is 4.76. The van der Waals surface area contributed by atoms with Crippen molar-refractivity contribution in [3.8, 4) is 0 Å². The fraction of sp³-hybridized carbons (Fsp3) is 0.375. The maximum absolute atomic E-state index is 11.9. The summed E-state index contributed by atoms with van der Waals surface area (Å²) < 4.78 is 1.79. The summed E-state index contributed by atoms with van der Waals surface area (Å²) in [5, 5.41) is 14.0. The number of nitrogens with zero attached hydrogens (tertiary/aromatic N) is 2. The van der Waals surface area contributed by atoms with Gasteiger partial charge in [0.2, 0.25) is 0 Å². The third-order valence-corrected chi connectivity index (χ3v) is 3.88. The first-order valence-corrected chi connectivity index (χ1v) is 7.04. The van der Waals surface area contributed by atoms with Crippen molar-refractivity contribution in [1.82, 2.24) is 9.78 Å². The molecule has 21 heavy (non-hydrogen) atoms. The van der Waals surface area contributed by atoms with E-state index < -0.39 is 11.4 Å². The number of hydrogen-bond acceptors (Lipinski definition) is 3. The lowest BCUT2D eigenvalue weighted by molar-refractivity contribution is -0.143. The van der Waals surface area contributed by atoms with Gasteiger partial charge in [0.1, 0.15) is 5.41 Å². The summed E-state index contributed by atoms with van der Waals surface area (Å²) in [6.07, 6.45) is 3.93. The van der Waals surface area contributed by atoms with Crippen molar-refractivity contribution in [2.45, 2.75) is 32.2 Å². The predicted octanol–water partition coefficient (Wildman–Crippen LogP) is 1.74. The molecule has 0 aliphatic rings. The molecule has 0 amide bonds. The molecule has 1 unspecified atom stereocenters. The molecule has 0 bridgehead atoms. The smallest absolute Gasteiger partial charge is 0.315 e. The van der Waals surface area contributed by atoms with E-state index in [0.717, 1.165) is 23.2 Å². The van der Waals surface area contributed by atoms with Crippen LogP contribution < -0.4 is 5.73 Å². The van der Waals surface area contributed by atoms with Crippen molar-refractivity contribution in [2.75, 3.05) is 6.54 Å². The van der Waals surface area contributed by atoms with Gasteiger partial charge < -0.3 is 10.8 Å². The van der Waals surface area contributed by atoms with Crippen LogP contribution in [0.25, 0.3) is 0 Å². The van der Waals surface area contributed by atoms with Crippen LogP contribution in [0.15, 0.2) is 36.7 Å². The third kappa shape index (κ3) is 2.97. The number of aromatic nitrogens is 2. The van der Waals surface area contributed by atoms with Gasteiger partial charge in [-0.15, -0.1) is 0 Å². The van der Waals surface area contributed by atoms with Crippen LogP contribution in [0, 0.1) is 6.92 Å². The van der Waals surface area contributed by atoms with Gasteiger partial charge in [0, 0.05) is 19.3 Å². The van der Waals surface area contributed by atoms with E-state index in [-0.39, 0.29) is 6.54 Å². The number of carboxylic acids is 1. The number of benzene rings is 1. The second kappa shape index (κ2) is 6.10. The molecule has 112 valence electrons. The molecule has 1 aromatic heterocycles. The summed E-state index contributed by atoms with van der Waals surface area (Å²) in [6, 6.07) is 7.53. The molecule has 0 saturated heterocycles. The molecule has 0 aliphatic heterocycles. The van der Waals surface area contributed by atoms with E-state index in [1.165, 1.54) is 0 Å². The first-order chi connectivity index (χ1) is 10.0. The van der Waals surface area contributed by atoms with Gasteiger partial charge in [-0.1, -0.05) is 29.8 Å². The highest BCUT2D eigenvalue weighted by atomic mass is 16.4. The van der Waals surface area contributed by atoms with E-state index in [2.05, 4.69) is 5.10 Å². The van der Waals surface area contributed by atoms with Crippen LogP contribution in [0.5, 0.6) is 0 Å². The van der Waals surface area contributed by atoms with Crippen LogP contribution in [-0.4, -0.2) is 27.4 Å². The number of aryl methyl sites for hydroxylation is 2. The Morgan fingerprint density at radius 2 is 2.05 bits per heavy atom. The van der Waals surface area contributed by atoms with Gasteiger partial charge in [-0.3, -0.25) is 9.48 Å². The van der Waals surface area contributed by atoms with Gasteiger partial charge in [0.15, 0.2) is 0 Å². The lowest BCUT2D eigenvalue weighted by atomic mass is 9.76. The van der Waals surface area contributed by atoms with Crippen molar-refractivity contribution < 1.29 is 9.90 Å². The molecule has 0 radical (unpaired) electrons. The van der Waals surface area contributed by atoms with Gasteiger partial charge in [0.25, 0.3) is 0 Å². The van der Waals surface area contributed by atoms with Crippen LogP contribution in [0.1, 0.15) is 23.6 Å². The number of carboxylic acid groups (broad SMARTS) is 1. The first kappa shape index (κ1) is 15.3. The van der Waals surface area contributed by atoms with E-state index in [1.54, 1.807) is 10.9 Å². The molecule has 0 spiro atoms. The fourth-order valence-corrected chi connectivity index (χ4v) is 2.47. The topological polar surface area (TPSA) is 81.1 Å². The Morgan fingerprint density at radius 3 is 2.52 bits per heavy atom. The standard InChI is InChI=1S/C16H21N3O2/c1-3-19-10-13(9-18-19)8-16(11-17,15(20)21)14-6-4-12(2)5-7-14/h4-7,9-10H,3,8,11,17H2,1-2H3,(H,20,21). The highest BCUT2D eigenvalue weighted by Gasteiger charge is 2.39.